The van der Waals surface area contributed by atoms with Crippen LogP contribution in [0.1, 0.15) is 23.6 Å². The third-order valence-corrected chi connectivity index (χ3v) is 4.27. The molecule has 2 aromatic carbocycles. The fourth-order valence-corrected chi connectivity index (χ4v) is 2.40. The average Bonchev–Trinajstić information content (AvgIpc) is 2.39. The maximum atomic E-state index is 2.43. The highest BCUT2D eigenvalue weighted by molar-refractivity contribution is 14.1. The van der Waals surface area contributed by atoms with Gasteiger partial charge in [-0.05, 0) is 53.1 Å². The molecule has 0 radical (unpaired) electrons. The third kappa shape index (κ3) is 2.97. The zero-order valence-corrected chi connectivity index (χ0v) is 12.2. The summed E-state index contributed by atoms with van der Waals surface area (Å²) in [5.41, 5.74) is 5.21. The zero-order chi connectivity index (χ0) is 12.3. The molecule has 0 saturated carbocycles. The first-order valence-corrected chi connectivity index (χ1v) is 6.75. The molecule has 0 atom stereocenters. The van der Waals surface area contributed by atoms with Crippen molar-refractivity contribution >= 4 is 31.7 Å². The van der Waals surface area contributed by atoms with Gasteiger partial charge in [0.1, 0.15) is 0 Å². The summed E-state index contributed by atoms with van der Waals surface area (Å²) in [6.07, 6.45) is 0. The molecule has 0 aliphatic rings. The van der Waals surface area contributed by atoms with Crippen LogP contribution in [0.3, 0.4) is 0 Å². The van der Waals surface area contributed by atoms with Crippen molar-refractivity contribution in [3.05, 3.63) is 71.3 Å². The highest BCUT2D eigenvalue weighted by atomic mass is 127. The number of hydrogen-bond acceptors (Lipinski definition) is 0. The van der Waals surface area contributed by atoms with Crippen LogP contribution in [0.15, 0.2) is 54.6 Å². The molecule has 0 saturated heterocycles. The van der Waals surface area contributed by atoms with E-state index in [0.29, 0.717) is 0 Å². The van der Waals surface area contributed by atoms with Crippen LogP contribution in [-0.4, -0.2) is 0 Å². The van der Waals surface area contributed by atoms with E-state index in [0.717, 1.165) is 0 Å². The lowest BCUT2D eigenvalue weighted by Crippen LogP contribution is -1.84. The van der Waals surface area contributed by atoms with Crippen molar-refractivity contribution in [3.63, 3.8) is 0 Å². The Bertz CT molecular complexity index is 521. The van der Waals surface area contributed by atoms with Gasteiger partial charge < -0.3 is 0 Å². The second kappa shape index (κ2) is 5.50. The lowest BCUT2D eigenvalue weighted by molar-refractivity contribution is 1.46. The predicted octanol–water partition coefficient (Wildman–Crippen LogP) is 5.32. The van der Waals surface area contributed by atoms with E-state index in [1.54, 1.807) is 0 Å². The van der Waals surface area contributed by atoms with Crippen LogP contribution >= 0.6 is 22.6 Å². The Morgan fingerprint density at radius 2 is 1.41 bits per heavy atom. The van der Waals surface area contributed by atoms with E-state index in [4.69, 9.17) is 0 Å². The molecule has 0 N–H and O–H groups in total. The molecule has 0 amide bonds. The van der Waals surface area contributed by atoms with Gasteiger partial charge >= 0.3 is 0 Å². The molecule has 0 nitrogen and oxygen atoms in total. The maximum absolute atomic E-state index is 2.43. The highest BCUT2D eigenvalue weighted by Crippen LogP contribution is 2.31. The fourth-order valence-electron chi connectivity index (χ4n) is 1.73. The van der Waals surface area contributed by atoms with Crippen molar-refractivity contribution in [1.82, 2.24) is 0 Å². The van der Waals surface area contributed by atoms with Gasteiger partial charge in [-0.25, -0.2) is 0 Å². The summed E-state index contributed by atoms with van der Waals surface area (Å²) in [6, 6.07) is 19.2. The molecule has 0 aliphatic heterocycles. The Hall–Kier alpha value is -1.09. The minimum absolute atomic E-state index is 1.29. The summed E-state index contributed by atoms with van der Waals surface area (Å²) >= 11 is 2.43. The highest BCUT2D eigenvalue weighted by Gasteiger charge is 2.03. The number of halogens is 1. The summed E-state index contributed by atoms with van der Waals surface area (Å²) in [6.45, 7) is 4.29. The standard InChI is InChI=1S/C16H15I/c1-12-8-10-15(11-9-12)16(17)13(2)14-6-4-3-5-7-14/h3-11H,1-2H3/b16-13-. The molecule has 0 unspecified atom stereocenters. The van der Waals surface area contributed by atoms with Crippen LogP contribution in [0.4, 0.5) is 0 Å². The first kappa shape index (κ1) is 12.4. The number of benzene rings is 2. The Morgan fingerprint density at radius 1 is 0.824 bits per heavy atom. The van der Waals surface area contributed by atoms with Gasteiger partial charge in [0.05, 0.1) is 0 Å². The second-order valence-corrected chi connectivity index (χ2v) is 5.25. The van der Waals surface area contributed by atoms with Crippen molar-refractivity contribution in [2.24, 2.45) is 0 Å². The lowest BCUT2D eigenvalue weighted by Gasteiger charge is -2.07. The molecule has 0 spiro atoms. The van der Waals surface area contributed by atoms with E-state index >= 15 is 0 Å². The molecule has 1 heteroatoms. The van der Waals surface area contributed by atoms with Crippen molar-refractivity contribution in [3.8, 4) is 0 Å². The topological polar surface area (TPSA) is 0 Å². The Labute approximate surface area is 117 Å². The van der Waals surface area contributed by atoms with Gasteiger partial charge in [-0.15, -0.1) is 0 Å². The normalized spacial score (nSPS) is 12.2. The number of rotatable bonds is 2. The van der Waals surface area contributed by atoms with Crippen LogP contribution in [0.25, 0.3) is 9.15 Å². The maximum Gasteiger partial charge on any atom is 0.0237 e. The Kier molecular flexibility index (Phi) is 4.00. The Balaban J connectivity index is 2.41. The van der Waals surface area contributed by atoms with Gasteiger partial charge in [-0.3, -0.25) is 0 Å². The van der Waals surface area contributed by atoms with Crippen LogP contribution in [0, 0.1) is 6.92 Å². The number of allylic oxidation sites excluding steroid dienone is 1. The quantitative estimate of drug-likeness (QED) is 0.515. The van der Waals surface area contributed by atoms with Crippen LogP contribution in [0.2, 0.25) is 0 Å². The van der Waals surface area contributed by atoms with Gasteiger partial charge in [0, 0.05) is 3.58 Å². The summed E-state index contributed by atoms with van der Waals surface area (Å²) in [4.78, 5) is 0. The second-order valence-electron chi connectivity index (χ2n) is 4.17. The molecular weight excluding hydrogens is 319 g/mol. The molecule has 0 fully saturated rings. The van der Waals surface area contributed by atoms with Gasteiger partial charge in [0.25, 0.3) is 0 Å². The van der Waals surface area contributed by atoms with Crippen molar-refractivity contribution < 1.29 is 0 Å². The molecule has 0 bridgehead atoms. The molecule has 17 heavy (non-hydrogen) atoms. The molecule has 0 aliphatic carbocycles. The van der Waals surface area contributed by atoms with Gasteiger partial charge in [-0.2, -0.15) is 0 Å². The number of aryl methyl sites for hydroxylation is 1. The predicted molar refractivity (Wildman–Crippen MR) is 84.1 cm³/mol. The van der Waals surface area contributed by atoms with E-state index in [9.17, 15) is 0 Å². The van der Waals surface area contributed by atoms with Gasteiger partial charge in [0.15, 0.2) is 0 Å². The van der Waals surface area contributed by atoms with Gasteiger partial charge in [-0.1, -0.05) is 60.2 Å². The summed E-state index contributed by atoms with van der Waals surface area (Å²) in [7, 11) is 0. The van der Waals surface area contributed by atoms with Crippen molar-refractivity contribution in [1.29, 1.82) is 0 Å². The minimum Gasteiger partial charge on any atom is -0.0622 e. The van der Waals surface area contributed by atoms with E-state index < -0.39 is 0 Å². The van der Waals surface area contributed by atoms with E-state index in [1.165, 1.54) is 25.8 Å². The summed E-state index contributed by atoms with van der Waals surface area (Å²) in [5.74, 6) is 0. The minimum atomic E-state index is 1.29. The Morgan fingerprint density at radius 3 is 2.00 bits per heavy atom. The van der Waals surface area contributed by atoms with E-state index in [1.807, 2.05) is 0 Å². The fraction of sp³-hybridized carbons (Fsp3) is 0.125. The monoisotopic (exact) mass is 334 g/mol. The van der Waals surface area contributed by atoms with Gasteiger partial charge in [0.2, 0.25) is 0 Å². The summed E-state index contributed by atoms with van der Waals surface area (Å²) < 4.78 is 1.31. The molecule has 2 rings (SSSR count). The first-order valence-electron chi connectivity index (χ1n) is 5.67. The van der Waals surface area contributed by atoms with Crippen LogP contribution in [0.5, 0.6) is 0 Å². The largest absolute Gasteiger partial charge is 0.0622 e. The molecule has 2 aromatic rings. The molecule has 86 valence electrons. The van der Waals surface area contributed by atoms with Crippen LogP contribution in [-0.2, 0) is 0 Å². The molecule has 0 heterocycles. The summed E-state index contributed by atoms with van der Waals surface area (Å²) in [5, 5.41) is 0. The van der Waals surface area contributed by atoms with E-state index in [2.05, 4.69) is 91.0 Å². The molecule has 0 aromatic heterocycles. The SMILES string of the molecule is C/C(=C(/I)c1ccc(C)cc1)c1ccccc1. The van der Waals surface area contributed by atoms with Crippen molar-refractivity contribution in [2.75, 3.05) is 0 Å². The molecular formula is C16H15I. The van der Waals surface area contributed by atoms with E-state index in [-0.39, 0.29) is 0 Å². The third-order valence-electron chi connectivity index (χ3n) is 2.84. The first-order chi connectivity index (χ1) is 8.18. The van der Waals surface area contributed by atoms with Crippen LogP contribution < -0.4 is 0 Å². The smallest absolute Gasteiger partial charge is 0.0237 e. The number of hydrogen-bond donors (Lipinski definition) is 0. The van der Waals surface area contributed by atoms with Crippen molar-refractivity contribution in [2.45, 2.75) is 13.8 Å². The zero-order valence-electron chi connectivity index (χ0n) is 10.1. The average molecular weight is 334 g/mol. The lowest BCUT2D eigenvalue weighted by atomic mass is 10.0.